The lowest BCUT2D eigenvalue weighted by Crippen LogP contribution is -2.30. The minimum atomic E-state index is -4.95. The van der Waals surface area contributed by atoms with Gasteiger partial charge in [-0.15, -0.1) is 0 Å². The smallest absolute Gasteiger partial charge is 0.462 e. The van der Waals surface area contributed by atoms with E-state index in [-0.39, 0.29) is 25.7 Å². The highest BCUT2D eigenvalue weighted by atomic mass is 31.2. The molecule has 0 aliphatic rings. The molecule has 0 aromatic heterocycles. The van der Waals surface area contributed by atoms with Gasteiger partial charge in [-0.3, -0.25) is 37.3 Å². The van der Waals surface area contributed by atoms with E-state index in [1.165, 1.54) is 154 Å². The summed E-state index contributed by atoms with van der Waals surface area (Å²) in [6.07, 6.45) is 44.6. The molecule has 0 aliphatic carbocycles. The van der Waals surface area contributed by atoms with Crippen molar-refractivity contribution in [2.45, 2.75) is 369 Å². The predicted octanol–water partition coefficient (Wildman–Crippen LogP) is 19.8. The molecule has 0 aromatic carbocycles. The molecular weight excluding hydrogens is 1170 g/mol. The molecule has 89 heavy (non-hydrogen) atoms. The maximum absolute atomic E-state index is 13.0. The Morgan fingerprint density at radius 3 is 0.854 bits per heavy atom. The standard InChI is InChI=1S/C70H136O17P2/c1-8-10-11-12-13-30-37-44-51-67(72)80-57-66(87-70(75)54-47-40-33-26-28-35-42-49-62(5)6)60-85-89(78,79)83-56-64(71)55-82-88(76,77)84-59-65(58-81-68(73)52-45-38-31-25-24-29-36-43-50-63(7)9-2)86-69(74)53-46-39-32-23-21-19-17-15-14-16-18-20-22-27-34-41-48-61(3)4/h61-66,71H,8-60H2,1-7H3,(H,76,77)(H,78,79)/t63?,64-,65-,66-/m1/s1. The Hall–Kier alpha value is -1.94. The largest absolute Gasteiger partial charge is 0.472 e. The van der Waals surface area contributed by atoms with Gasteiger partial charge >= 0.3 is 39.5 Å². The topological polar surface area (TPSA) is 237 Å². The summed E-state index contributed by atoms with van der Waals surface area (Å²) in [4.78, 5) is 72.4. The van der Waals surface area contributed by atoms with E-state index in [1.807, 2.05) is 0 Å². The molecule has 6 atom stereocenters. The van der Waals surface area contributed by atoms with E-state index in [4.69, 9.17) is 37.0 Å². The molecule has 0 aromatic rings. The summed E-state index contributed by atoms with van der Waals surface area (Å²) in [7, 11) is -9.90. The van der Waals surface area contributed by atoms with Crippen LogP contribution in [0.25, 0.3) is 0 Å². The number of rotatable bonds is 68. The van der Waals surface area contributed by atoms with Crippen molar-refractivity contribution in [3.05, 3.63) is 0 Å². The minimum Gasteiger partial charge on any atom is -0.462 e. The van der Waals surface area contributed by atoms with Crippen LogP contribution in [0.5, 0.6) is 0 Å². The van der Waals surface area contributed by atoms with Crippen LogP contribution in [0.4, 0.5) is 0 Å². The number of carbonyl (C=O) groups is 4. The molecule has 17 nitrogen and oxygen atoms in total. The fourth-order valence-electron chi connectivity index (χ4n) is 10.5. The molecule has 3 unspecified atom stereocenters. The molecular formula is C70H136O17P2. The quantitative estimate of drug-likeness (QED) is 0.0222. The van der Waals surface area contributed by atoms with E-state index in [2.05, 4.69) is 48.5 Å². The Labute approximate surface area is 543 Å². The second-order valence-corrected chi connectivity index (χ2v) is 29.4. The summed E-state index contributed by atoms with van der Waals surface area (Å²) >= 11 is 0. The van der Waals surface area contributed by atoms with Crippen LogP contribution in [-0.4, -0.2) is 96.7 Å². The summed E-state index contributed by atoms with van der Waals surface area (Å²) in [6, 6.07) is 0. The molecule has 0 bridgehead atoms. The minimum absolute atomic E-state index is 0.103. The molecule has 0 aliphatic heterocycles. The Morgan fingerprint density at radius 1 is 0.326 bits per heavy atom. The fourth-order valence-corrected chi connectivity index (χ4v) is 12.1. The lowest BCUT2D eigenvalue weighted by atomic mass is 9.99. The molecule has 19 heteroatoms. The zero-order chi connectivity index (χ0) is 65.9. The molecule has 3 N–H and O–H groups in total. The lowest BCUT2D eigenvalue weighted by molar-refractivity contribution is -0.161. The third-order valence-corrected chi connectivity index (χ3v) is 18.4. The number of hydrogen-bond acceptors (Lipinski definition) is 15. The van der Waals surface area contributed by atoms with Crippen LogP contribution in [-0.2, 0) is 65.4 Å². The van der Waals surface area contributed by atoms with E-state index in [1.54, 1.807) is 0 Å². The first-order chi connectivity index (χ1) is 42.8. The average molecular weight is 1310 g/mol. The molecule has 0 rings (SSSR count). The third kappa shape index (κ3) is 63.2. The molecule has 0 saturated carbocycles. The summed E-state index contributed by atoms with van der Waals surface area (Å²) in [5.41, 5.74) is 0. The second-order valence-electron chi connectivity index (χ2n) is 26.5. The number of aliphatic hydroxyl groups excluding tert-OH is 1. The number of esters is 4. The molecule has 0 amide bonds. The zero-order valence-electron chi connectivity index (χ0n) is 57.9. The molecule has 0 spiro atoms. The molecule has 0 heterocycles. The highest BCUT2D eigenvalue weighted by molar-refractivity contribution is 7.47. The number of unbranched alkanes of at least 4 members (excludes halogenated alkanes) is 35. The summed E-state index contributed by atoms with van der Waals surface area (Å²) < 4.78 is 68.2. The number of phosphoric acid groups is 2. The Morgan fingerprint density at radius 2 is 0.573 bits per heavy atom. The first kappa shape index (κ1) is 87.1. The van der Waals surface area contributed by atoms with E-state index >= 15 is 0 Å². The fraction of sp³-hybridized carbons (Fsp3) is 0.943. The SMILES string of the molecule is CCCCCCCCCCC(=O)OC[C@H](COP(=O)(O)OC[C@H](O)COP(=O)(O)OC[C@@H](COC(=O)CCCCCCCCCCC(C)CC)OC(=O)CCCCCCCCCCCCCCCCCCC(C)C)OC(=O)CCCCCCCCCC(C)C. The number of hydrogen-bond donors (Lipinski definition) is 3. The number of phosphoric ester groups is 2. The third-order valence-electron chi connectivity index (χ3n) is 16.5. The van der Waals surface area contributed by atoms with Gasteiger partial charge in [0.05, 0.1) is 26.4 Å². The highest BCUT2D eigenvalue weighted by Crippen LogP contribution is 2.45. The number of aliphatic hydroxyl groups is 1. The maximum atomic E-state index is 13.0. The highest BCUT2D eigenvalue weighted by Gasteiger charge is 2.30. The van der Waals surface area contributed by atoms with E-state index in [0.29, 0.717) is 31.6 Å². The van der Waals surface area contributed by atoms with E-state index < -0.39 is 97.5 Å². The van der Waals surface area contributed by atoms with Crippen LogP contribution in [0.2, 0.25) is 0 Å². The van der Waals surface area contributed by atoms with Gasteiger partial charge in [0.25, 0.3) is 0 Å². The van der Waals surface area contributed by atoms with Crippen LogP contribution in [0.1, 0.15) is 350 Å². The summed E-state index contributed by atoms with van der Waals surface area (Å²) in [5.74, 6) is 0.151. The Bertz CT molecular complexity index is 1750. The van der Waals surface area contributed by atoms with Crippen molar-refractivity contribution >= 4 is 39.5 Å². The predicted molar refractivity (Wildman–Crippen MR) is 358 cm³/mol. The van der Waals surface area contributed by atoms with Gasteiger partial charge in [-0.2, -0.15) is 0 Å². The molecule has 0 saturated heterocycles. The zero-order valence-corrected chi connectivity index (χ0v) is 59.7. The van der Waals surface area contributed by atoms with Crippen LogP contribution in [0, 0.1) is 17.8 Å². The van der Waals surface area contributed by atoms with Gasteiger partial charge in [0.15, 0.2) is 12.2 Å². The van der Waals surface area contributed by atoms with Gasteiger partial charge in [0.1, 0.15) is 19.3 Å². The molecule has 528 valence electrons. The molecule has 0 radical (unpaired) electrons. The van der Waals surface area contributed by atoms with Gasteiger partial charge < -0.3 is 33.8 Å². The van der Waals surface area contributed by atoms with Crippen LogP contribution >= 0.6 is 15.6 Å². The van der Waals surface area contributed by atoms with Gasteiger partial charge in [0, 0.05) is 25.7 Å². The van der Waals surface area contributed by atoms with Crippen molar-refractivity contribution in [1.82, 2.24) is 0 Å². The van der Waals surface area contributed by atoms with Crippen molar-refractivity contribution in [1.29, 1.82) is 0 Å². The van der Waals surface area contributed by atoms with Crippen LogP contribution in [0.15, 0.2) is 0 Å². The van der Waals surface area contributed by atoms with Gasteiger partial charge in [-0.25, -0.2) is 9.13 Å². The van der Waals surface area contributed by atoms with Crippen molar-refractivity contribution in [2.24, 2.45) is 17.8 Å². The van der Waals surface area contributed by atoms with Crippen LogP contribution in [0.3, 0.4) is 0 Å². The van der Waals surface area contributed by atoms with Gasteiger partial charge in [0.2, 0.25) is 0 Å². The van der Waals surface area contributed by atoms with Crippen molar-refractivity contribution < 1.29 is 80.2 Å². The van der Waals surface area contributed by atoms with Gasteiger partial charge in [-0.05, 0) is 43.4 Å². The number of ether oxygens (including phenoxy) is 4. The Balaban J connectivity index is 5.19. The summed E-state index contributed by atoms with van der Waals surface area (Å²) in [6.45, 7) is 11.8. The first-order valence-corrected chi connectivity index (χ1v) is 39.4. The second kappa shape index (κ2) is 61.0. The first-order valence-electron chi connectivity index (χ1n) is 36.4. The summed E-state index contributed by atoms with van der Waals surface area (Å²) in [5, 5.41) is 10.6. The van der Waals surface area contributed by atoms with Crippen molar-refractivity contribution in [3.63, 3.8) is 0 Å². The average Bonchev–Trinajstić information content (AvgIpc) is 3.63. The van der Waals surface area contributed by atoms with Crippen LogP contribution < -0.4 is 0 Å². The monoisotopic (exact) mass is 1310 g/mol. The maximum Gasteiger partial charge on any atom is 0.472 e. The number of carbonyl (C=O) groups excluding carboxylic acids is 4. The Kier molecular flexibility index (Phi) is 59.6. The lowest BCUT2D eigenvalue weighted by Gasteiger charge is -2.21. The van der Waals surface area contributed by atoms with Crippen molar-refractivity contribution in [2.75, 3.05) is 39.6 Å². The van der Waals surface area contributed by atoms with E-state index in [9.17, 15) is 43.2 Å². The normalized spacial score (nSPS) is 14.5. The van der Waals surface area contributed by atoms with Crippen molar-refractivity contribution in [3.8, 4) is 0 Å². The molecule has 0 fully saturated rings. The van der Waals surface area contributed by atoms with Gasteiger partial charge in [-0.1, -0.05) is 299 Å². The van der Waals surface area contributed by atoms with E-state index in [0.717, 1.165) is 108 Å².